The lowest BCUT2D eigenvalue weighted by Crippen LogP contribution is -2.24. The molecule has 134 valence electrons. The fourth-order valence-corrected chi connectivity index (χ4v) is 2.62. The monoisotopic (exact) mass is 359 g/mol. The molecule has 0 unspecified atom stereocenters. The number of rotatable bonds is 5. The lowest BCUT2D eigenvalue weighted by Gasteiger charge is -2.04. The van der Waals surface area contributed by atoms with Crippen molar-refractivity contribution in [2.45, 2.75) is 13.5 Å². The maximum atomic E-state index is 12.5. The normalized spacial score (nSPS) is 10.7. The Morgan fingerprint density at radius 3 is 2.74 bits per heavy atom. The van der Waals surface area contributed by atoms with Crippen LogP contribution in [0.1, 0.15) is 21.7 Å². The second-order valence-electron chi connectivity index (χ2n) is 6.06. The van der Waals surface area contributed by atoms with E-state index in [1.807, 2.05) is 43.3 Å². The zero-order valence-electron chi connectivity index (χ0n) is 14.7. The quantitative estimate of drug-likeness (QED) is 0.591. The van der Waals surface area contributed by atoms with E-state index in [1.165, 1.54) is 0 Å². The Bertz CT molecular complexity index is 1040. The van der Waals surface area contributed by atoms with Gasteiger partial charge in [0.05, 0.1) is 17.5 Å². The number of benzene rings is 1. The van der Waals surface area contributed by atoms with Gasteiger partial charge in [-0.25, -0.2) is 9.67 Å². The molecule has 7 heteroatoms. The molecule has 0 aliphatic heterocycles. The molecule has 7 nitrogen and oxygen atoms in total. The average molecular weight is 359 g/mol. The van der Waals surface area contributed by atoms with Crippen molar-refractivity contribution >= 4 is 5.91 Å². The first-order valence-corrected chi connectivity index (χ1v) is 8.44. The van der Waals surface area contributed by atoms with E-state index < -0.39 is 0 Å². The lowest BCUT2D eigenvalue weighted by atomic mass is 10.2. The Kier molecular flexibility index (Phi) is 4.49. The topological polar surface area (TPSA) is 85.8 Å². The van der Waals surface area contributed by atoms with Crippen molar-refractivity contribution in [3.8, 4) is 17.1 Å². The molecule has 0 fully saturated rings. The Balaban J connectivity index is 1.64. The molecule has 0 radical (unpaired) electrons. The molecular formula is C20H17N5O2. The van der Waals surface area contributed by atoms with Gasteiger partial charge in [-0.2, -0.15) is 0 Å². The molecule has 1 N–H and O–H groups in total. The van der Waals surface area contributed by atoms with E-state index in [0.717, 1.165) is 22.4 Å². The van der Waals surface area contributed by atoms with Gasteiger partial charge in [-0.05, 0) is 36.8 Å². The van der Waals surface area contributed by atoms with Gasteiger partial charge in [0, 0.05) is 18.9 Å². The summed E-state index contributed by atoms with van der Waals surface area (Å²) in [5.41, 5.74) is 3.60. The molecule has 4 aromatic rings. The minimum atomic E-state index is -0.352. The van der Waals surface area contributed by atoms with Crippen molar-refractivity contribution in [3.63, 3.8) is 0 Å². The number of aromatic nitrogens is 4. The number of nitrogens with one attached hydrogen (secondary N) is 1. The summed E-state index contributed by atoms with van der Waals surface area (Å²) in [6, 6.07) is 13.3. The second kappa shape index (κ2) is 7.25. The summed E-state index contributed by atoms with van der Waals surface area (Å²) in [5, 5.41) is 7.24. The van der Waals surface area contributed by atoms with Crippen molar-refractivity contribution < 1.29 is 9.21 Å². The van der Waals surface area contributed by atoms with Gasteiger partial charge in [0.2, 0.25) is 5.82 Å². The standard InChI is InChI=1S/C20H17N5O2/c1-14-4-6-17(7-5-14)25-19(16-8-10-27-13-16)23-18(24-25)20(26)22-12-15-3-2-9-21-11-15/h2-11,13H,12H2,1H3,(H,22,26). The predicted octanol–water partition coefficient (Wildman–Crippen LogP) is 3.16. The smallest absolute Gasteiger partial charge is 0.291 e. The van der Waals surface area contributed by atoms with Crippen LogP contribution in [0.3, 0.4) is 0 Å². The molecule has 1 amide bonds. The Morgan fingerprint density at radius 1 is 1.19 bits per heavy atom. The van der Waals surface area contributed by atoms with E-state index in [0.29, 0.717) is 12.4 Å². The van der Waals surface area contributed by atoms with Gasteiger partial charge in [-0.15, -0.1) is 5.10 Å². The van der Waals surface area contributed by atoms with Gasteiger partial charge < -0.3 is 9.73 Å². The van der Waals surface area contributed by atoms with Crippen molar-refractivity contribution in [3.05, 3.63) is 84.3 Å². The largest absolute Gasteiger partial charge is 0.472 e. The zero-order chi connectivity index (χ0) is 18.6. The van der Waals surface area contributed by atoms with Crippen LogP contribution in [0, 0.1) is 6.92 Å². The molecule has 4 rings (SSSR count). The van der Waals surface area contributed by atoms with Crippen LogP contribution in [-0.4, -0.2) is 25.7 Å². The number of hydrogen-bond acceptors (Lipinski definition) is 5. The second-order valence-corrected chi connectivity index (χ2v) is 6.06. The molecule has 1 aromatic carbocycles. The number of pyridine rings is 1. The van der Waals surface area contributed by atoms with E-state index in [1.54, 1.807) is 35.7 Å². The van der Waals surface area contributed by atoms with Crippen LogP contribution in [-0.2, 0) is 6.54 Å². The van der Waals surface area contributed by atoms with Gasteiger partial charge in [-0.1, -0.05) is 23.8 Å². The Morgan fingerprint density at radius 2 is 2.04 bits per heavy atom. The van der Waals surface area contributed by atoms with E-state index in [4.69, 9.17) is 4.42 Å². The minimum Gasteiger partial charge on any atom is -0.472 e. The maximum Gasteiger partial charge on any atom is 0.291 e. The molecule has 0 atom stereocenters. The number of carbonyl (C=O) groups excluding carboxylic acids is 1. The predicted molar refractivity (Wildman–Crippen MR) is 99.2 cm³/mol. The molecular weight excluding hydrogens is 342 g/mol. The number of amides is 1. The highest BCUT2D eigenvalue weighted by atomic mass is 16.3. The number of hydrogen-bond donors (Lipinski definition) is 1. The lowest BCUT2D eigenvalue weighted by molar-refractivity contribution is 0.0940. The summed E-state index contributed by atoms with van der Waals surface area (Å²) >= 11 is 0. The van der Waals surface area contributed by atoms with Crippen LogP contribution in [0.2, 0.25) is 0 Å². The van der Waals surface area contributed by atoms with Crippen LogP contribution >= 0.6 is 0 Å². The fourth-order valence-electron chi connectivity index (χ4n) is 2.62. The molecule has 3 aromatic heterocycles. The Labute approximate surface area is 155 Å². The van der Waals surface area contributed by atoms with Gasteiger partial charge >= 0.3 is 0 Å². The highest BCUT2D eigenvalue weighted by molar-refractivity contribution is 5.91. The van der Waals surface area contributed by atoms with Gasteiger partial charge in [0.25, 0.3) is 5.91 Å². The van der Waals surface area contributed by atoms with Crippen molar-refractivity contribution in [2.75, 3.05) is 0 Å². The number of nitrogens with zero attached hydrogens (tertiary/aromatic N) is 4. The van der Waals surface area contributed by atoms with Crippen molar-refractivity contribution in [2.24, 2.45) is 0 Å². The molecule has 27 heavy (non-hydrogen) atoms. The summed E-state index contributed by atoms with van der Waals surface area (Å²) in [5.74, 6) is 0.282. The molecule has 0 saturated carbocycles. The van der Waals surface area contributed by atoms with E-state index >= 15 is 0 Å². The first-order chi connectivity index (χ1) is 13.2. The summed E-state index contributed by atoms with van der Waals surface area (Å²) < 4.78 is 6.81. The number of carbonyl (C=O) groups is 1. The highest BCUT2D eigenvalue weighted by Gasteiger charge is 2.19. The average Bonchev–Trinajstić information content (AvgIpc) is 3.37. The van der Waals surface area contributed by atoms with Crippen LogP contribution in [0.15, 0.2) is 71.8 Å². The third kappa shape index (κ3) is 3.62. The summed E-state index contributed by atoms with van der Waals surface area (Å²) in [6.45, 7) is 2.37. The van der Waals surface area contributed by atoms with Crippen LogP contribution in [0.4, 0.5) is 0 Å². The van der Waals surface area contributed by atoms with Gasteiger partial charge in [-0.3, -0.25) is 9.78 Å². The zero-order valence-corrected chi connectivity index (χ0v) is 14.7. The first-order valence-electron chi connectivity index (χ1n) is 8.44. The van der Waals surface area contributed by atoms with E-state index in [9.17, 15) is 4.79 Å². The number of furan rings is 1. The summed E-state index contributed by atoms with van der Waals surface area (Å²) in [4.78, 5) is 21.0. The molecule has 0 spiro atoms. The van der Waals surface area contributed by atoms with Crippen LogP contribution < -0.4 is 5.32 Å². The molecule has 0 aliphatic rings. The van der Waals surface area contributed by atoms with Gasteiger partial charge in [0.1, 0.15) is 6.26 Å². The van der Waals surface area contributed by atoms with Gasteiger partial charge in [0.15, 0.2) is 5.82 Å². The molecule has 0 bridgehead atoms. The third-order valence-corrected chi connectivity index (χ3v) is 4.04. The van der Waals surface area contributed by atoms with Crippen LogP contribution in [0.5, 0.6) is 0 Å². The van der Waals surface area contributed by atoms with Crippen molar-refractivity contribution in [1.29, 1.82) is 0 Å². The van der Waals surface area contributed by atoms with Crippen LogP contribution in [0.25, 0.3) is 17.1 Å². The van der Waals surface area contributed by atoms with E-state index in [2.05, 4.69) is 20.4 Å². The van der Waals surface area contributed by atoms with E-state index in [-0.39, 0.29) is 11.7 Å². The molecule has 3 heterocycles. The maximum absolute atomic E-state index is 12.5. The highest BCUT2D eigenvalue weighted by Crippen LogP contribution is 2.22. The van der Waals surface area contributed by atoms with Crippen molar-refractivity contribution in [1.82, 2.24) is 25.1 Å². The third-order valence-electron chi connectivity index (χ3n) is 4.04. The number of aryl methyl sites for hydroxylation is 1. The first kappa shape index (κ1) is 16.7. The summed E-state index contributed by atoms with van der Waals surface area (Å²) in [6.07, 6.45) is 6.53. The fraction of sp³-hybridized carbons (Fsp3) is 0.100. The molecule has 0 saturated heterocycles. The minimum absolute atomic E-state index is 0.0932. The summed E-state index contributed by atoms with van der Waals surface area (Å²) in [7, 11) is 0. The molecule has 0 aliphatic carbocycles. The SMILES string of the molecule is Cc1ccc(-n2nc(C(=O)NCc3cccnc3)nc2-c2ccoc2)cc1. The Hall–Kier alpha value is -3.74.